The number of imidazole rings is 1. The Morgan fingerprint density at radius 1 is 1.12 bits per heavy atom. The second-order valence-electron chi connectivity index (χ2n) is 5.09. The molecule has 122 valence electrons. The van der Waals surface area contributed by atoms with Crippen molar-refractivity contribution in [3.63, 3.8) is 0 Å². The van der Waals surface area contributed by atoms with Gasteiger partial charge in [-0.05, 0) is 36.4 Å². The molecule has 4 nitrogen and oxygen atoms in total. The first-order valence-electron chi connectivity index (χ1n) is 7.19. The number of aromatic amines is 1. The topological polar surface area (TPSA) is 72.7 Å². The van der Waals surface area contributed by atoms with Crippen LogP contribution in [0.4, 0.5) is 4.39 Å². The van der Waals surface area contributed by atoms with Crippen molar-refractivity contribution in [1.82, 2.24) is 9.97 Å². The number of aromatic hydroxyl groups is 1. The lowest BCUT2D eigenvalue weighted by molar-refractivity contribution is 0.477. The predicted molar refractivity (Wildman–Crippen MR) is 92.3 cm³/mol. The summed E-state index contributed by atoms with van der Waals surface area (Å²) in [5.74, 6) is 0.394. The van der Waals surface area contributed by atoms with Crippen molar-refractivity contribution in [1.29, 1.82) is 5.26 Å². The second kappa shape index (κ2) is 7.62. The van der Waals surface area contributed by atoms with E-state index in [2.05, 4.69) is 16.0 Å². The third kappa shape index (κ3) is 3.55. The normalized spacial score (nSPS) is 10.0. The smallest absolute Gasteiger partial charge is 0.138 e. The molecule has 1 heterocycles. The lowest BCUT2D eigenvalue weighted by Crippen LogP contribution is -1.89. The maximum absolute atomic E-state index is 13.1. The molecule has 0 amide bonds. The summed E-state index contributed by atoms with van der Waals surface area (Å²) in [6.45, 7) is 0. The fraction of sp³-hybridized carbons (Fsp3) is 0.111. The standard InChI is InChI=1S/C18H14FN3O.ClH/c19-13-9-7-12(8-10-13)18-21-15(5-3-11-20)17(22-18)14-4-1-2-6-16(14)23;/h1-2,4,6-10,23H,3,5H2,(H,21,22);1H. The van der Waals surface area contributed by atoms with Crippen LogP contribution in [-0.2, 0) is 6.42 Å². The van der Waals surface area contributed by atoms with Gasteiger partial charge in [-0.1, -0.05) is 12.1 Å². The van der Waals surface area contributed by atoms with Crippen LogP contribution in [0.25, 0.3) is 22.6 Å². The first-order valence-corrected chi connectivity index (χ1v) is 7.19. The van der Waals surface area contributed by atoms with E-state index in [4.69, 9.17) is 5.26 Å². The molecule has 0 radical (unpaired) electrons. The van der Waals surface area contributed by atoms with Gasteiger partial charge < -0.3 is 10.1 Å². The second-order valence-corrected chi connectivity index (χ2v) is 5.09. The molecule has 3 rings (SSSR count). The van der Waals surface area contributed by atoms with E-state index in [1.54, 1.807) is 30.3 Å². The van der Waals surface area contributed by atoms with Gasteiger partial charge in [-0.25, -0.2) is 9.37 Å². The number of halogens is 2. The first kappa shape index (κ1) is 17.5. The minimum Gasteiger partial charge on any atom is -0.507 e. The average molecular weight is 344 g/mol. The largest absolute Gasteiger partial charge is 0.507 e. The maximum Gasteiger partial charge on any atom is 0.138 e. The number of benzene rings is 2. The number of hydrogen-bond acceptors (Lipinski definition) is 3. The van der Waals surface area contributed by atoms with Crippen LogP contribution in [0.1, 0.15) is 12.1 Å². The number of aromatic nitrogens is 2. The van der Waals surface area contributed by atoms with E-state index in [0.717, 1.165) is 11.3 Å². The molecule has 0 saturated heterocycles. The van der Waals surface area contributed by atoms with Gasteiger partial charge in [-0.15, -0.1) is 12.4 Å². The molecule has 1 aromatic heterocycles. The highest BCUT2D eigenvalue weighted by atomic mass is 35.5. The Balaban J connectivity index is 0.00000208. The monoisotopic (exact) mass is 343 g/mol. The summed E-state index contributed by atoms with van der Waals surface area (Å²) in [6.07, 6.45) is 0.833. The van der Waals surface area contributed by atoms with Gasteiger partial charge in [0.2, 0.25) is 0 Å². The SMILES string of the molecule is Cl.N#CCCc1[nH]c(-c2ccc(F)cc2)nc1-c1ccccc1O. The molecule has 0 aliphatic rings. The van der Waals surface area contributed by atoms with Gasteiger partial charge in [0, 0.05) is 29.7 Å². The molecule has 3 aromatic rings. The number of nitrogens with one attached hydrogen (secondary N) is 1. The molecular weight excluding hydrogens is 329 g/mol. The van der Waals surface area contributed by atoms with Crippen LogP contribution in [0, 0.1) is 17.1 Å². The Labute approximate surface area is 145 Å². The quantitative estimate of drug-likeness (QED) is 0.734. The van der Waals surface area contributed by atoms with Crippen molar-refractivity contribution >= 4 is 12.4 Å². The van der Waals surface area contributed by atoms with Crippen LogP contribution < -0.4 is 0 Å². The number of phenolic OH excluding ortho intramolecular Hbond substituents is 1. The van der Waals surface area contributed by atoms with Gasteiger partial charge in [-0.2, -0.15) is 5.26 Å². The third-order valence-electron chi connectivity index (χ3n) is 3.54. The zero-order valence-electron chi connectivity index (χ0n) is 12.7. The van der Waals surface area contributed by atoms with Gasteiger partial charge in [0.05, 0.1) is 11.8 Å². The summed E-state index contributed by atoms with van der Waals surface area (Å²) in [7, 11) is 0. The van der Waals surface area contributed by atoms with Crippen molar-refractivity contribution in [2.75, 3.05) is 0 Å². The highest BCUT2D eigenvalue weighted by molar-refractivity contribution is 5.85. The Morgan fingerprint density at radius 2 is 1.83 bits per heavy atom. The van der Waals surface area contributed by atoms with Crippen LogP contribution >= 0.6 is 12.4 Å². The molecule has 2 N–H and O–H groups in total. The number of hydrogen-bond donors (Lipinski definition) is 2. The number of nitriles is 1. The van der Waals surface area contributed by atoms with Crippen molar-refractivity contribution in [2.45, 2.75) is 12.8 Å². The van der Waals surface area contributed by atoms with E-state index in [0.29, 0.717) is 29.9 Å². The fourth-order valence-electron chi connectivity index (χ4n) is 2.41. The zero-order chi connectivity index (χ0) is 16.2. The van der Waals surface area contributed by atoms with Crippen LogP contribution in [-0.4, -0.2) is 15.1 Å². The average Bonchev–Trinajstić information content (AvgIpc) is 2.98. The summed E-state index contributed by atoms with van der Waals surface area (Å²) in [5, 5.41) is 18.9. The summed E-state index contributed by atoms with van der Waals surface area (Å²) in [6, 6.07) is 15.0. The molecule has 2 aromatic carbocycles. The Hall–Kier alpha value is -2.84. The molecule has 0 unspecified atom stereocenters. The number of aryl methyl sites for hydroxylation is 1. The molecule has 0 atom stereocenters. The van der Waals surface area contributed by atoms with Crippen molar-refractivity contribution in [3.05, 3.63) is 60.0 Å². The Morgan fingerprint density at radius 3 is 2.50 bits per heavy atom. The molecule has 0 saturated carbocycles. The predicted octanol–water partition coefficient (Wildman–Crippen LogP) is 4.47. The molecular formula is C18H15ClFN3O. The van der Waals surface area contributed by atoms with Gasteiger partial charge in [0.25, 0.3) is 0 Å². The van der Waals surface area contributed by atoms with Crippen molar-refractivity contribution in [2.24, 2.45) is 0 Å². The van der Waals surface area contributed by atoms with Gasteiger partial charge in [0.15, 0.2) is 0 Å². The number of para-hydroxylation sites is 1. The molecule has 0 fully saturated rings. The van der Waals surface area contributed by atoms with Crippen molar-refractivity contribution in [3.8, 4) is 34.5 Å². The van der Waals surface area contributed by atoms with E-state index in [9.17, 15) is 9.50 Å². The minimum absolute atomic E-state index is 0. The van der Waals surface area contributed by atoms with E-state index < -0.39 is 0 Å². The number of nitrogens with zero attached hydrogens (tertiary/aromatic N) is 2. The summed E-state index contributed by atoms with van der Waals surface area (Å²) >= 11 is 0. The Bertz CT molecular complexity index is 869. The van der Waals surface area contributed by atoms with Gasteiger partial charge in [0.1, 0.15) is 17.4 Å². The molecule has 0 bridgehead atoms. The third-order valence-corrected chi connectivity index (χ3v) is 3.54. The summed E-state index contributed by atoms with van der Waals surface area (Å²) < 4.78 is 13.1. The highest BCUT2D eigenvalue weighted by Crippen LogP contribution is 2.32. The van der Waals surface area contributed by atoms with E-state index >= 15 is 0 Å². The van der Waals surface area contributed by atoms with E-state index in [1.807, 2.05) is 6.07 Å². The molecule has 0 aliphatic heterocycles. The first-order chi connectivity index (χ1) is 11.2. The summed E-state index contributed by atoms with van der Waals surface area (Å²) in [5.41, 5.74) is 2.72. The molecule has 0 aliphatic carbocycles. The number of H-pyrrole nitrogens is 1. The van der Waals surface area contributed by atoms with Crippen LogP contribution in [0.15, 0.2) is 48.5 Å². The molecule has 0 spiro atoms. The van der Waals surface area contributed by atoms with Crippen molar-refractivity contribution < 1.29 is 9.50 Å². The summed E-state index contributed by atoms with van der Waals surface area (Å²) in [4.78, 5) is 7.73. The van der Waals surface area contributed by atoms with Gasteiger partial charge in [-0.3, -0.25) is 0 Å². The van der Waals surface area contributed by atoms with Crippen LogP contribution in [0.2, 0.25) is 0 Å². The Kier molecular flexibility index (Phi) is 5.56. The molecule has 24 heavy (non-hydrogen) atoms. The lowest BCUT2D eigenvalue weighted by atomic mass is 10.1. The van der Waals surface area contributed by atoms with Gasteiger partial charge >= 0.3 is 0 Å². The zero-order valence-corrected chi connectivity index (χ0v) is 13.5. The van der Waals surface area contributed by atoms with Crippen LogP contribution in [0.3, 0.4) is 0 Å². The maximum atomic E-state index is 13.1. The minimum atomic E-state index is -0.314. The molecule has 6 heteroatoms. The number of phenols is 1. The number of rotatable bonds is 4. The lowest BCUT2D eigenvalue weighted by Gasteiger charge is -2.03. The van der Waals surface area contributed by atoms with E-state index in [-0.39, 0.29) is 24.0 Å². The highest BCUT2D eigenvalue weighted by Gasteiger charge is 2.15. The van der Waals surface area contributed by atoms with E-state index in [1.165, 1.54) is 12.1 Å². The van der Waals surface area contributed by atoms with Crippen LogP contribution in [0.5, 0.6) is 5.75 Å². The fourth-order valence-corrected chi connectivity index (χ4v) is 2.41.